The van der Waals surface area contributed by atoms with Crippen LogP contribution in [0.4, 0.5) is 0 Å². The van der Waals surface area contributed by atoms with Crippen molar-refractivity contribution in [1.29, 1.82) is 0 Å². The molecule has 0 saturated heterocycles. The molecule has 26 heavy (non-hydrogen) atoms. The molecule has 146 valence electrons. The van der Waals surface area contributed by atoms with Crippen molar-refractivity contribution in [3.8, 4) is 5.75 Å². The average molecular weight is 403 g/mol. The average Bonchev–Trinajstić information content (AvgIpc) is 2.61. The summed E-state index contributed by atoms with van der Waals surface area (Å²) >= 11 is 11.9. The Labute approximate surface area is 166 Å². The Bertz CT molecular complexity index is 540. The third-order valence-corrected chi connectivity index (χ3v) is 4.50. The third-order valence-electron chi connectivity index (χ3n) is 3.91. The number of ether oxygens (including phenoxy) is 2. The first-order valence-electron chi connectivity index (χ1n) is 9.35. The molecule has 0 aliphatic carbocycles. The summed E-state index contributed by atoms with van der Waals surface area (Å²) in [6.07, 6.45) is 8.44. The molecule has 0 aromatic heterocycles. The van der Waals surface area contributed by atoms with Gasteiger partial charge in [0.2, 0.25) is 0 Å². The molecule has 0 spiro atoms. The van der Waals surface area contributed by atoms with Gasteiger partial charge >= 0.3 is 11.9 Å². The van der Waals surface area contributed by atoms with Crippen LogP contribution in [0.3, 0.4) is 0 Å². The number of para-hydroxylation sites is 1. The summed E-state index contributed by atoms with van der Waals surface area (Å²) in [6.45, 7) is 2.68. The van der Waals surface area contributed by atoms with Crippen molar-refractivity contribution in [3.63, 3.8) is 0 Å². The van der Waals surface area contributed by atoms with Crippen molar-refractivity contribution in [2.24, 2.45) is 0 Å². The number of unbranched alkanes of at least 4 members (excludes halogenated alkanes) is 6. The van der Waals surface area contributed by atoms with E-state index in [2.05, 4.69) is 6.92 Å². The predicted molar refractivity (Wildman–Crippen MR) is 105 cm³/mol. The minimum Gasteiger partial charge on any atom is -0.466 e. The number of hydrogen-bond acceptors (Lipinski definition) is 4. The van der Waals surface area contributed by atoms with Crippen LogP contribution in [0.2, 0.25) is 10.0 Å². The maximum atomic E-state index is 11.8. The maximum Gasteiger partial charge on any atom is 0.311 e. The van der Waals surface area contributed by atoms with E-state index in [4.69, 9.17) is 32.7 Å². The van der Waals surface area contributed by atoms with E-state index in [1.165, 1.54) is 19.3 Å². The molecule has 1 rings (SSSR count). The van der Waals surface area contributed by atoms with Gasteiger partial charge in [-0.2, -0.15) is 0 Å². The number of carbonyl (C=O) groups is 2. The van der Waals surface area contributed by atoms with Gasteiger partial charge in [0.25, 0.3) is 0 Å². The zero-order valence-corrected chi connectivity index (χ0v) is 16.9. The third kappa shape index (κ3) is 10.0. The number of rotatable bonds is 13. The van der Waals surface area contributed by atoms with Crippen LogP contribution in [0.15, 0.2) is 18.2 Å². The predicted octanol–water partition coefficient (Wildman–Crippen LogP) is 6.36. The molecule has 0 amide bonds. The van der Waals surface area contributed by atoms with Crippen molar-refractivity contribution >= 4 is 35.1 Å². The van der Waals surface area contributed by atoms with Crippen LogP contribution < -0.4 is 4.74 Å². The Morgan fingerprint density at radius 1 is 0.846 bits per heavy atom. The standard InChI is InChI=1S/C20H28Cl2O4/c1-2-3-4-5-9-15-25-18(23)13-7-6-8-14-19(24)26-20-16(21)11-10-12-17(20)22/h10-12H,2-9,13-15H2,1H3. The lowest BCUT2D eigenvalue weighted by Crippen LogP contribution is -2.09. The van der Waals surface area contributed by atoms with E-state index in [1.54, 1.807) is 18.2 Å². The van der Waals surface area contributed by atoms with Gasteiger partial charge in [0.15, 0.2) is 5.75 Å². The van der Waals surface area contributed by atoms with Crippen LogP contribution in [0, 0.1) is 0 Å². The van der Waals surface area contributed by atoms with E-state index < -0.39 is 0 Å². The summed E-state index contributed by atoms with van der Waals surface area (Å²) in [5.74, 6) is -0.344. The fraction of sp³-hybridized carbons (Fsp3) is 0.600. The first-order chi connectivity index (χ1) is 12.5. The Hall–Kier alpha value is -1.26. The van der Waals surface area contributed by atoms with Crippen molar-refractivity contribution in [2.45, 2.75) is 71.1 Å². The number of halogens is 2. The molecule has 1 aromatic carbocycles. The van der Waals surface area contributed by atoms with Gasteiger partial charge in [-0.15, -0.1) is 0 Å². The molecule has 0 fully saturated rings. The minimum absolute atomic E-state index is 0.161. The second kappa shape index (κ2) is 13.9. The van der Waals surface area contributed by atoms with E-state index >= 15 is 0 Å². The highest BCUT2D eigenvalue weighted by molar-refractivity contribution is 6.37. The van der Waals surface area contributed by atoms with Crippen LogP contribution in [0.1, 0.15) is 71.1 Å². The summed E-state index contributed by atoms with van der Waals surface area (Å²) in [5, 5.41) is 0.617. The monoisotopic (exact) mass is 402 g/mol. The maximum absolute atomic E-state index is 11.8. The number of benzene rings is 1. The van der Waals surface area contributed by atoms with Gasteiger partial charge in [-0.1, -0.05) is 68.3 Å². The number of hydrogen-bond donors (Lipinski definition) is 0. The smallest absolute Gasteiger partial charge is 0.311 e. The molecule has 0 unspecified atom stereocenters. The van der Waals surface area contributed by atoms with E-state index in [0.29, 0.717) is 35.9 Å². The fourth-order valence-electron chi connectivity index (χ4n) is 2.42. The highest BCUT2D eigenvalue weighted by Crippen LogP contribution is 2.32. The molecule has 6 heteroatoms. The van der Waals surface area contributed by atoms with Crippen LogP contribution in [-0.4, -0.2) is 18.5 Å². The van der Waals surface area contributed by atoms with E-state index in [9.17, 15) is 9.59 Å². The Morgan fingerprint density at radius 2 is 1.42 bits per heavy atom. The SMILES string of the molecule is CCCCCCCOC(=O)CCCCCC(=O)Oc1c(Cl)cccc1Cl. The van der Waals surface area contributed by atoms with Gasteiger partial charge in [0.1, 0.15) is 0 Å². The van der Waals surface area contributed by atoms with Crippen LogP contribution >= 0.6 is 23.2 Å². The molecule has 1 aromatic rings. The lowest BCUT2D eigenvalue weighted by Gasteiger charge is -2.08. The molecule has 0 radical (unpaired) electrons. The van der Waals surface area contributed by atoms with E-state index in [-0.39, 0.29) is 24.1 Å². The number of esters is 2. The fourth-order valence-corrected chi connectivity index (χ4v) is 2.90. The lowest BCUT2D eigenvalue weighted by molar-refractivity contribution is -0.143. The summed E-state index contributed by atoms with van der Waals surface area (Å²) in [4.78, 5) is 23.4. The van der Waals surface area contributed by atoms with Gasteiger partial charge in [0.05, 0.1) is 16.7 Å². The molecule has 0 atom stereocenters. The summed E-state index contributed by atoms with van der Waals surface area (Å²) in [7, 11) is 0. The van der Waals surface area contributed by atoms with Gasteiger partial charge in [-0.25, -0.2) is 0 Å². The first kappa shape index (κ1) is 22.8. The lowest BCUT2D eigenvalue weighted by atomic mass is 10.1. The van der Waals surface area contributed by atoms with E-state index in [1.807, 2.05) is 0 Å². The number of carbonyl (C=O) groups excluding carboxylic acids is 2. The minimum atomic E-state index is -0.380. The Kier molecular flexibility index (Phi) is 12.2. The molecule has 0 aliphatic rings. The summed E-state index contributed by atoms with van der Waals surface area (Å²) < 4.78 is 10.4. The highest BCUT2D eigenvalue weighted by Gasteiger charge is 2.12. The normalized spacial score (nSPS) is 10.6. The molecular formula is C20H28Cl2O4. The van der Waals surface area contributed by atoms with Crippen molar-refractivity contribution in [1.82, 2.24) is 0 Å². The van der Waals surface area contributed by atoms with Crippen LogP contribution in [0.25, 0.3) is 0 Å². The second-order valence-electron chi connectivity index (χ2n) is 6.22. The second-order valence-corrected chi connectivity index (χ2v) is 7.03. The topological polar surface area (TPSA) is 52.6 Å². The molecule has 0 bridgehead atoms. The summed E-state index contributed by atoms with van der Waals surface area (Å²) in [6, 6.07) is 4.92. The molecule has 4 nitrogen and oxygen atoms in total. The quantitative estimate of drug-likeness (QED) is 0.218. The Morgan fingerprint density at radius 3 is 2.08 bits per heavy atom. The molecule has 0 N–H and O–H groups in total. The Balaban J connectivity index is 2.06. The molecule has 0 heterocycles. The van der Waals surface area contributed by atoms with Crippen molar-refractivity contribution in [3.05, 3.63) is 28.2 Å². The van der Waals surface area contributed by atoms with Crippen LogP contribution in [0.5, 0.6) is 5.75 Å². The zero-order valence-electron chi connectivity index (χ0n) is 15.4. The first-order valence-corrected chi connectivity index (χ1v) is 10.1. The molecular weight excluding hydrogens is 375 g/mol. The van der Waals surface area contributed by atoms with Gasteiger partial charge in [0, 0.05) is 12.8 Å². The highest BCUT2D eigenvalue weighted by atomic mass is 35.5. The zero-order chi connectivity index (χ0) is 19.2. The van der Waals surface area contributed by atoms with Gasteiger partial charge in [-0.3, -0.25) is 9.59 Å². The van der Waals surface area contributed by atoms with Crippen LogP contribution in [-0.2, 0) is 14.3 Å². The summed E-state index contributed by atoms with van der Waals surface area (Å²) in [5.41, 5.74) is 0. The molecule has 0 saturated carbocycles. The van der Waals surface area contributed by atoms with Gasteiger partial charge in [-0.05, 0) is 31.4 Å². The van der Waals surface area contributed by atoms with E-state index in [0.717, 1.165) is 19.3 Å². The van der Waals surface area contributed by atoms with Crippen molar-refractivity contribution < 1.29 is 19.1 Å². The molecule has 0 aliphatic heterocycles. The van der Waals surface area contributed by atoms with Crippen molar-refractivity contribution in [2.75, 3.05) is 6.61 Å². The van der Waals surface area contributed by atoms with Gasteiger partial charge < -0.3 is 9.47 Å². The largest absolute Gasteiger partial charge is 0.466 e.